The number of nitrogens with one attached hydrogen (secondary N) is 1. The van der Waals surface area contributed by atoms with Gasteiger partial charge in [0.15, 0.2) is 0 Å². The number of carbonyl (C=O) groups excluding carboxylic acids is 1. The van der Waals surface area contributed by atoms with E-state index in [2.05, 4.69) is 24.1 Å². The maximum absolute atomic E-state index is 12.2. The zero-order chi connectivity index (χ0) is 15.3. The average Bonchev–Trinajstić information content (AvgIpc) is 2.60. The topological polar surface area (TPSA) is 58.4 Å². The third-order valence-electron chi connectivity index (χ3n) is 4.25. The van der Waals surface area contributed by atoms with E-state index in [9.17, 15) is 4.79 Å². The number of hydrogen-bond acceptors (Lipinski definition) is 3. The van der Waals surface area contributed by atoms with Gasteiger partial charge in [0.25, 0.3) is 0 Å². The normalized spacial score (nSPS) is 19.0. The number of benzene rings is 1. The Morgan fingerprint density at radius 3 is 2.90 bits per heavy atom. The summed E-state index contributed by atoms with van der Waals surface area (Å²) in [4.78, 5) is 14.4. The van der Waals surface area contributed by atoms with Crippen LogP contribution in [0.5, 0.6) is 0 Å². The zero-order valence-electron chi connectivity index (χ0n) is 13.2. The van der Waals surface area contributed by atoms with Crippen LogP contribution in [0.15, 0.2) is 24.3 Å². The molecule has 21 heavy (non-hydrogen) atoms. The van der Waals surface area contributed by atoms with Crippen LogP contribution in [0.2, 0.25) is 0 Å². The molecule has 1 fully saturated rings. The van der Waals surface area contributed by atoms with Crippen LogP contribution >= 0.6 is 0 Å². The van der Waals surface area contributed by atoms with Gasteiger partial charge in [-0.15, -0.1) is 0 Å². The second-order valence-corrected chi connectivity index (χ2v) is 6.75. The average molecular weight is 289 g/mol. The van der Waals surface area contributed by atoms with Crippen LogP contribution in [0, 0.1) is 5.41 Å². The van der Waals surface area contributed by atoms with Crippen LogP contribution in [-0.4, -0.2) is 30.4 Å². The van der Waals surface area contributed by atoms with Gasteiger partial charge in [0.2, 0.25) is 5.91 Å². The van der Waals surface area contributed by atoms with Crippen molar-refractivity contribution in [2.75, 3.05) is 25.0 Å². The molecule has 4 nitrogen and oxygen atoms in total. The molecule has 3 N–H and O–H groups in total. The number of hydrogen-bond donors (Lipinski definition) is 2. The molecule has 1 saturated heterocycles. The predicted octanol–water partition coefficient (Wildman–Crippen LogP) is 2.60. The first kappa shape index (κ1) is 16.0. The van der Waals surface area contributed by atoms with Crippen molar-refractivity contribution >= 4 is 11.6 Å². The van der Waals surface area contributed by atoms with Crippen LogP contribution in [0.4, 0.5) is 5.69 Å². The van der Waals surface area contributed by atoms with Crippen molar-refractivity contribution in [3.63, 3.8) is 0 Å². The van der Waals surface area contributed by atoms with E-state index in [1.165, 1.54) is 12.8 Å². The lowest BCUT2D eigenvalue weighted by Crippen LogP contribution is -2.34. The largest absolute Gasteiger partial charge is 0.326 e. The maximum atomic E-state index is 12.2. The molecule has 1 heterocycles. The number of nitrogens with two attached hydrogens (primary N) is 1. The standard InChI is InChI=1S/C17H27N3O/c1-17(2)7-4-9-20(10-8-17)13-16(21)19-15-6-3-5-14(11-15)12-18/h3,5-6,11H,4,7-10,12-13,18H2,1-2H3,(H,19,21). The summed E-state index contributed by atoms with van der Waals surface area (Å²) in [6.45, 7) is 7.61. The highest BCUT2D eigenvalue weighted by atomic mass is 16.2. The lowest BCUT2D eigenvalue weighted by atomic mass is 9.85. The molecule has 2 rings (SSSR count). The van der Waals surface area contributed by atoms with Gasteiger partial charge in [-0.05, 0) is 55.5 Å². The van der Waals surface area contributed by atoms with Gasteiger partial charge in [0.05, 0.1) is 6.54 Å². The second kappa shape index (κ2) is 7.05. The van der Waals surface area contributed by atoms with Crippen LogP contribution in [0.25, 0.3) is 0 Å². The first-order valence-electron chi connectivity index (χ1n) is 7.80. The number of likely N-dealkylation sites (tertiary alicyclic amines) is 1. The Morgan fingerprint density at radius 1 is 1.33 bits per heavy atom. The van der Waals surface area contributed by atoms with E-state index in [1.54, 1.807) is 0 Å². The highest BCUT2D eigenvalue weighted by Gasteiger charge is 2.23. The molecule has 1 aromatic carbocycles. The van der Waals surface area contributed by atoms with E-state index in [0.717, 1.165) is 30.8 Å². The fourth-order valence-electron chi connectivity index (χ4n) is 2.82. The minimum Gasteiger partial charge on any atom is -0.326 e. The van der Waals surface area contributed by atoms with Crippen LogP contribution in [0.3, 0.4) is 0 Å². The Balaban J connectivity index is 1.86. The molecule has 0 spiro atoms. The number of anilines is 1. The summed E-state index contributed by atoms with van der Waals surface area (Å²) in [6, 6.07) is 7.73. The lowest BCUT2D eigenvalue weighted by molar-refractivity contribution is -0.117. The summed E-state index contributed by atoms with van der Waals surface area (Å²) >= 11 is 0. The maximum Gasteiger partial charge on any atom is 0.238 e. The molecule has 0 aliphatic carbocycles. The van der Waals surface area contributed by atoms with E-state index in [0.29, 0.717) is 18.5 Å². The van der Waals surface area contributed by atoms with Crippen molar-refractivity contribution in [3.8, 4) is 0 Å². The molecule has 0 saturated carbocycles. The minimum absolute atomic E-state index is 0.0591. The molecular weight excluding hydrogens is 262 g/mol. The summed E-state index contributed by atoms with van der Waals surface area (Å²) in [7, 11) is 0. The van der Waals surface area contributed by atoms with Gasteiger partial charge in [0, 0.05) is 12.2 Å². The zero-order valence-corrected chi connectivity index (χ0v) is 13.2. The summed E-state index contributed by atoms with van der Waals surface area (Å²) in [5, 5.41) is 2.97. The number of rotatable bonds is 4. The molecule has 0 bridgehead atoms. The molecule has 0 atom stereocenters. The molecule has 116 valence electrons. The van der Waals surface area contributed by atoms with Gasteiger partial charge >= 0.3 is 0 Å². The number of carbonyl (C=O) groups is 1. The molecule has 1 aromatic rings. The van der Waals surface area contributed by atoms with Gasteiger partial charge in [-0.1, -0.05) is 26.0 Å². The van der Waals surface area contributed by atoms with E-state index in [1.807, 2.05) is 24.3 Å². The SMILES string of the molecule is CC1(C)CCCN(CC(=O)Nc2cccc(CN)c2)CC1. The summed E-state index contributed by atoms with van der Waals surface area (Å²) in [6.07, 6.45) is 3.57. The van der Waals surface area contributed by atoms with E-state index >= 15 is 0 Å². The summed E-state index contributed by atoms with van der Waals surface area (Å²) in [5.41, 5.74) is 7.89. The highest BCUT2D eigenvalue weighted by molar-refractivity contribution is 5.92. The van der Waals surface area contributed by atoms with Gasteiger partial charge < -0.3 is 11.1 Å². The van der Waals surface area contributed by atoms with Gasteiger partial charge in [-0.3, -0.25) is 9.69 Å². The molecule has 1 aliphatic rings. The third-order valence-corrected chi connectivity index (χ3v) is 4.25. The van der Waals surface area contributed by atoms with Crippen LogP contribution < -0.4 is 11.1 Å². The fourth-order valence-corrected chi connectivity index (χ4v) is 2.82. The molecule has 0 aromatic heterocycles. The number of amides is 1. The van der Waals surface area contributed by atoms with Crippen molar-refractivity contribution in [3.05, 3.63) is 29.8 Å². The van der Waals surface area contributed by atoms with Gasteiger partial charge in [-0.25, -0.2) is 0 Å². The fraction of sp³-hybridized carbons (Fsp3) is 0.588. The van der Waals surface area contributed by atoms with Gasteiger partial charge in [-0.2, -0.15) is 0 Å². The monoisotopic (exact) mass is 289 g/mol. The summed E-state index contributed by atoms with van der Waals surface area (Å²) < 4.78 is 0. The second-order valence-electron chi connectivity index (χ2n) is 6.75. The van der Waals surface area contributed by atoms with Gasteiger partial charge in [0.1, 0.15) is 0 Å². The molecular formula is C17H27N3O. The van der Waals surface area contributed by atoms with Crippen molar-refractivity contribution in [1.82, 2.24) is 4.90 Å². The molecule has 0 unspecified atom stereocenters. The number of nitrogens with zero attached hydrogens (tertiary/aromatic N) is 1. The van der Waals surface area contributed by atoms with E-state index in [-0.39, 0.29) is 5.91 Å². The molecule has 0 radical (unpaired) electrons. The van der Waals surface area contributed by atoms with Crippen molar-refractivity contribution in [2.24, 2.45) is 11.1 Å². The Bertz CT molecular complexity index is 485. The van der Waals surface area contributed by atoms with Crippen molar-refractivity contribution in [2.45, 2.75) is 39.7 Å². The Hall–Kier alpha value is -1.39. The van der Waals surface area contributed by atoms with Crippen molar-refractivity contribution in [1.29, 1.82) is 0 Å². The first-order chi connectivity index (χ1) is 9.98. The Labute approximate surface area is 127 Å². The molecule has 1 aliphatic heterocycles. The first-order valence-corrected chi connectivity index (χ1v) is 7.80. The smallest absolute Gasteiger partial charge is 0.238 e. The highest BCUT2D eigenvalue weighted by Crippen LogP contribution is 2.29. The van der Waals surface area contributed by atoms with E-state index in [4.69, 9.17) is 5.73 Å². The Kier molecular flexibility index (Phi) is 5.37. The minimum atomic E-state index is 0.0591. The van der Waals surface area contributed by atoms with Crippen LogP contribution in [0.1, 0.15) is 38.7 Å². The molecule has 4 heteroatoms. The molecule has 1 amide bonds. The van der Waals surface area contributed by atoms with Crippen LogP contribution in [-0.2, 0) is 11.3 Å². The third kappa shape index (κ3) is 5.14. The summed E-state index contributed by atoms with van der Waals surface area (Å²) in [5.74, 6) is 0.0591. The van der Waals surface area contributed by atoms with E-state index < -0.39 is 0 Å². The predicted molar refractivity (Wildman–Crippen MR) is 87.0 cm³/mol. The Morgan fingerprint density at radius 2 is 2.14 bits per heavy atom. The quantitative estimate of drug-likeness (QED) is 0.895. The lowest BCUT2D eigenvalue weighted by Gasteiger charge is -2.23. The van der Waals surface area contributed by atoms with Crippen molar-refractivity contribution < 1.29 is 4.79 Å².